The molecule has 0 unspecified atom stereocenters. The van der Waals surface area contributed by atoms with Crippen molar-refractivity contribution in [3.05, 3.63) is 48.2 Å². The van der Waals surface area contributed by atoms with E-state index in [1.807, 2.05) is 23.1 Å². The van der Waals surface area contributed by atoms with E-state index < -0.39 is 0 Å². The van der Waals surface area contributed by atoms with Crippen LogP contribution in [0.3, 0.4) is 0 Å². The van der Waals surface area contributed by atoms with Crippen LogP contribution in [0.2, 0.25) is 0 Å². The number of allylic oxidation sites excluding steroid dienone is 3. The second kappa shape index (κ2) is 5.69. The second-order valence-corrected chi connectivity index (χ2v) is 6.92. The topological polar surface area (TPSA) is 38.8 Å². The fourth-order valence-corrected chi connectivity index (χ4v) is 4.65. The third kappa shape index (κ3) is 2.16. The van der Waals surface area contributed by atoms with Crippen molar-refractivity contribution in [3.8, 4) is 11.5 Å². The molecule has 0 aromatic heterocycles. The maximum absolute atomic E-state index is 12.8. The van der Waals surface area contributed by atoms with Crippen LogP contribution in [-0.2, 0) is 11.2 Å². The maximum Gasteiger partial charge on any atom is 0.231 e. The van der Waals surface area contributed by atoms with Crippen LogP contribution in [-0.4, -0.2) is 31.6 Å². The largest absolute Gasteiger partial charge is 0.493 e. The fraction of sp³-hybridized carbons (Fsp3) is 0.450. The minimum Gasteiger partial charge on any atom is -0.493 e. The first-order valence-corrected chi connectivity index (χ1v) is 8.53. The molecule has 2 aliphatic carbocycles. The van der Waals surface area contributed by atoms with E-state index in [1.165, 1.54) is 0 Å². The van der Waals surface area contributed by atoms with Crippen molar-refractivity contribution < 1.29 is 14.3 Å². The number of hydrogen-bond donors (Lipinski definition) is 0. The summed E-state index contributed by atoms with van der Waals surface area (Å²) in [5, 5.41) is 0. The van der Waals surface area contributed by atoms with Crippen LogP contribution in [0.5, 0.6) is 11.5 Å². The molecule has 1 aromatic rings. The summed E-state index contributed by atoms with van der Waals surface area (Å²) in [6.07, 6.45) is 6.42. The van der Waals surface area contributed by atoms with Gasteiger partial charge in [-0.3, -0.25) is 4.79 Å². The molecule has 0 radical (unpaired) electrons. The highest BCUT2D eigenvalue weighted by Crippen LogP contribution is 2.55. The van der Waals surface area contributed by atoms with Gasteiger partial charge in [0.2, 0.25) is 5.91 Å². The number of methoxy groups -OCH3 is 2. The van der Waals surface area contributed by atoms with Crippen LogP contribution in [0.4, 0.5) is 0 Å². The maximum atomic E-state index is 12.8. The van der Waals surface area contributed by atoms with Gasteiger partial charge in [0.15, 0.2) is 11.5 Å². The summed E-state index contributed by atoms with van der Waals surface area (Å²) in [5.74, 6) is 3.12. The van der Waals surface area contributed by atoms with E-state index in [4.69, 9.17) is 9.47 Å². The van der Waals surface area contributed by atoms with Crippen LogP contribution in [0, 0.1) is 23.7 Å². The second-order valence-electron chi connectivity index (χ2n) is 6.92. The number of fused-ring (bicyclic) bond motifs is 5. The monoisotopic (exact) mass is 325 g/mol. The van der Waals surface area contributed by atoms with Crippen molar-refractivity contribution in [3.63, 3.8) is 0 Å². The highest BCUT2D eigenvalue weighted by atomic mass is 16.5. The van der Waals surface area contributed by atoms with E-state index in [1.54, 1.807) is 14.2 Å². The molecule has 1 aliphatic heterocycles. The van der Waals surface area contributed by atoms with E-state index in [9.17, 15) is 4.79 Å². The first-order valence-electron chi connectivity index (χ1n) is 8.53. The van der Waals surface area contributed by atoms with Gasteiger partial charge in [-0.2, -0.15) is 0 Å². The summed E-state index contributed by atoms with van der Waals surface area (Å²) in [6.45, 7) is 4.93. The van der Waals surface area contributed by atoms with Gasteiger partial charge in [-0.1, -0.05) is 24.8 Å². The Morgan fingerprint density at radius 1 is 1.12 bits per heavy atom. The molecule has 126 valence electrons. The van der Waals surface area contributed by atoms with Gasteiger partial charge < -0.3 is 14.4 Å². The summed E-state index contributed by atoms with van der Waals surface area (Å²) in [6, 6.07) is 5.92. The zero-order valence-corrected chi connectivity index (χ0v) is 14.2. The van der Waals surface area contributed by atoms with E-state index in [0.717, 1.165) is 35.6 Å². The third-order valence-electron chi connectivity index (χ3n) is 5.81. The van der Waals surface area contributed by atoms with Gasteiger partial charge in [0.05, 0.1) is 20.1 Å². The number of likely N-dealkylation sites (tertiary alicyclic amines) is 1. The molecule has 1 amide bonds. The van der Waals surface area contributed by atoms with Crippen molar-refractivity contribution in [1.82, 2.24) is 4.90 Å². The van der Waals surface area contributed by atoms with Gasteiger partial charge in [0.1, 0.15) is 0 Å². The Labute approximate surface area is 142 Å². The van der Waals surface area contributed by atoms with Crippen molar-refractivity contribution in [2.24, 2.45) is 23.7 Å². The summed E-state index contributed by atoms with van der Waals surface area (Å²) >= 11 is 0. The zero-order valence-electron chi connectivity index (χ0n) is 14.2. The number of amides is 1. The van der Waals surface area contributed by atoms with Gasteiger partial charge in [0.25, 0.3) is 0 Å². The lowest BCUT2D eigenvalue weighted by atomic mass is 9.84. The predicted octanol–water partition coefficient (Wildman–Crippen LogP) is 3.04. The minimum atomic E-state index is 0.137. The van der Waals surface area contributed by atoms with Gasteiger partial charge >= 0.3 is 0 Å². The first kappa shape index (κ1) is 15.3. The number of carbonyl (C=O) groups excluding carboxylic acids is 1. The number of rotatable bonds is 5. The van der Waals surface area contributed by atoms with E-state index in [2.05, 4.69) is 18.7 Å². The Bertz CT molecular complexity index is 694. The van der Waals surface area contributed by atoms with Crippen LogP contribution in [0.15, 0.2) is 42.6 Å². The van der Waals surface area contributed by atoms with E-state index in [-0.39, 0.29) is 11.8 Å². The molecule has 4 heteroatoms. The van der Waals surface area contributed by atoms with Gasteiger partial charge in [-0.05, 0) is 42.4 Å². The molecule has 1 saturated carbocycles. The standard InChI is InChI=1S/C20H23NO3/c1-12-18-14-5-6-15(11-14)19(18)20(22)21(12)9-8-13-4-7-16(23-2)17(10-13)24-3/h4-7,10,14-15,18-19H,1,8-9,11H2,2-3H3/t14-,15+,18-,19+/m1/s1. The lowest BCUT2D eigenvalue weighted by Gasteiger charge is -2.21. The van der Waals surface area contributed by atoms with Crippen molar-refractivity contribution in [2.45, 2.75) is 12.8 Å². The number of ether oxygens (including phenoxy) is 2. The van der Waals surface area contributed by atoms with Gasteiger partial charge in [0, 0.05) is 18.2 Å². The quantitative estimate of drug-likeness (QED) is 0.781. The summed E-state index contributed by atoms with van der Waals surface area (Å²) in [5.41, 5.74) is 2.15. The van der Waals surface area contributed by atoms with Gasteiger partial charge in [-0.25, -0.2) is 0 Å². The Morgan fingerprint density at radius 2 is 1.83 bits per heavy atom. The van der Waals surface area contributed by atoms with Crippen LogP contribution >= 0.6 is 0 Å². The molecule has 1 saturated heterocycles. The molecule has 0 spiro atoms. The SMILES string of the molecule is C=C1[C@H]2[C@@H](C(=O)N1CCc1ccc(OC)c(OC)c1)[C@H]1C=C[C@@H]2C1. The van der Waals surface area contributed by atoms with Gasteiger partial charge in [-0.15, -0.1) is 0 Å². The molecule has 1 aromatic carbocycles. The molecule has 2 bridgehead atoms. The number of hydrogen-bond acceptors (Lipinski definition) is 3. The molecular weight excluding hydrogens is 302 g/mol. The number of carbonyl (C=O) groups is 1. The summed E-state index contributed by atoms with van der Waals surface area (Å²) in [7, 11) is 3.27. The Kier molecular flexibility index (Phi) is 3.63. The highest BCUT2D eigenvalue weighted by Gasteiger charge is 2.55. The summed E-state index contributed by atoms with van der Waals surface area (Å²) < 4.78 is 10.6. The average molecular weight is 325 g/mol. The lowest BCUT2D eigenvalue weighted by molar-refractivity contribution is -0.131. The molecule has 1 heterocycles. The number of benzene rings is 1. The van der Waals surface area contributed by atoms with Crippen molar-refractivity contribution in [2.75, 3.05) is 20.8 Å². The smallest absolute Gasteiger partial charge is 0.231 e. The Balaban J connectivity index is 1.47. The lowest BCUT2D eigenvalue weighted by Crippen LogP contribution is -2.30. The Hall–Kier alpha value is -2.23. The Morgan fingerprint density at radius 3 is 2.50 bits per heavy atom. The normalized spacial score (nSPS) is 30.2. The molecule has 4 rings (SSSR count). The zero-order chi connectivity index (χ0) is 16.8. The molecule has 4 atom stereocenters. The highest BCUT2D eigenvalue weighted by molar-refractivity contribution is 5.86. The van der Waals surface area contributed by atoms with Crippen molar-refractivity contribution >= 4 is 5.91 Å². The molecule has 24 heavy (non-hydrogen) atoms. The van der Waals surface area contributed by atoms with Crippen molar-refractivity contribution in [1.29, 1.82) is 0 Å². The molecule has 4 nitrogen and oxygen atoms in total. The van der Waals surface area contributed by atoms with Crippen LogP contribution in [0.25, 0.3) is 0 Å². The fourth-order valence-electron chi connectivity index (χ4n) is 4.65. The first-order chi connectivity index (χ1) is 11.6. The molecule has 2 fully saturated rings. The molecule has 3 aliphatic rings. The minimum absolute atomic E-state index is 0.137. The van der Waals surface area contributed by atoms with Crippen LogP contribution < -0.4 is 9.47 Å². The summed E-state index contributed by atoms with van der Waals surface area (Å²) in [4.78, 5) is 14.7. The molecular formula is C20H23NO3. The average Bonchev–Trinajstić information content (AvgIpc) is 3.27. The van der Waals surface area contributed by atoms with Crippen LogP contribution in [0.1, 0.15) is 12.0 Å². The predicted molar refractivity (Wildman–Crippen MR) is 91.8 cm³/mol. The third-order valence-corrected chi connectivity index (χ3v) is 5.81. The number of nitrogens with zero attached hydrogens (tertiary/aromatic N) is 1. The molecule has 0 N–H and O–H groups in total. The van der Waals surface area contributed by atoms with E-state index in [0.29, 0.717) is 24.3 Å². The van der Waals surface area contributed by atoms with E-state index >= 15 is 0 Å².